The first-order chi connectivity index (χ1) is 10.5. The van der Waals surface area contributed by atoms with E-state index in [0.717, 1.165) is 5.92 Å². The van der Waals surface area contributed by atoms with Crippen molar-refractivity contribution in [1.82, 2.24) is 5.32 Å². The van der Waals surface area contributed by atoms with Crippen LogP contribution in [0.5, 0.6) is 0 Å². The second-order valence-corrected chi connectivity index (χ2v) is 5.34. The Labute approximate surface area is 130 Å². The number of nitro groups is 1. The molecule has 1 aromatic rings. The van der Waals surface area contributed by atoms with Crippen molar-refractivity contribution in [1.29, 1.82) is 0 Å². The van der Waals surface area contributed by atoms with Gasteiger partial charge in [0.2, 0.25) is 0 Å². The molecule has 5 radical (unpaired) electrons. The molecule has 1 aromatic carbocycles. The lowest BCUT2D eigenvalue weighted by Crippen LogP contribution is -2.44. The van der Waals surface area contributed by atoms with Gasteiger partial charge in [-0.05, 0) is 43.7 Å². The first-order valence-electron chi connectivity index (χ1n) is 7.01. The van der Waals surface area contributed by atoms with Crippen LogP contribution in [0.3, 0.4) is 0 Å². The summed E-state index contributed by atoms with van der Waals surface area (Å²) in [5, 5.41) is 16.2. The summed E-state index contributed by atoms with van der Waals surface area (Å²) in [7, 11) is 0. The number of benzene rings is 1. The zero-order chi connectivity index (χ0) is 16.1. The van der Waals surface area contributed by atoms with Gasteiger partial charge in [0.05, 0.1) is 4.92 Å². The van der Waals surface area contributed by atoms with Crippen molar-refractivity contribution in [2.75, 3.05) is 5.32 Å². The van der Waals surface area contributed by atoms with Crippen molar-refractivity contribution in [3.05, 3.63) is 66.0 Å². The molecule has 0 bridgehead atoms. The van der Waals surface area contributed by atoms with E-state index >= 15 is 0 Å². The van der Waals surface area contributed by atoms with E-state index in [9.17, 15) is 14.9 Å². The lowest BCUT2D eigenvalue weighted by Gasteiger charge is -2.27. The highest BCUT2D eigenvalue weighted by molar-refractivity contribution is 5.89. The van der Waals surface area contributed by atoms with Crippen LogP contribution < -0.4 is 10.6 Å². The maximum atomic E-state index is 12.1. The maximum Gasteiger partial charge on any atom is 0.319 e. The van der Waals surface area contributed by atoms with Crippen LogP contribution in [-0.4, -0.2) is 17.0 Å². The molecule has 115 valence electrons. The van der Waals surface area contributed by atoms with Crippen molar-refractivity contribution in [3.8, 4) is 0 Å². The number of rotatable bonds is 5. The Morgan fingerprint density at radius 2 is 1.73 bits per heavy atom. The van der Waals surface area contributed by atoms with Crippen LogP contribution in [0.4, 0.5) is 16.2 Å². The molecule has 1 atom stereocenters. The largest absolute Gasteiger partial charge is 0.334 e. The highest BCUT2D eigenvalue weighted by atomic mass is 16.6. The quantitative estimate of drug-likeness (QED) is 0.647. The van der Waals surface area contributed by atoms with Crippen molar-refractivity contribution >= 4 is 17.4 Å². The average molecular weight is 300 g/mol. The van der Waals surface area contributed by atoms with Gasteiger partial charge in [-0.15, -0.1) is 0 Å². The molecule has 0 aliphatic heterocycles. The van der Waals surface area contributed by atoms with E-state index in [2.05, 4.69) is 10.6 Å². The first kappa shape index (κ1) is 16.3. The van der Waals surface area contributed by atoms with Crippen LogP contribution in [-0.2, 0) is 0 Å². The molecule has 0 heterocycles. The summed E-state index contributed by atoms with van der Waals surface area (Å²) in [6.07, 6.45) is 7.80. The molecule has 1 aliphatic rings. The molecule has 2 rings (SSSR count). The van der Waals surface area contributed by atoms with E-state index in [0.29, 0.717) is 5.69 Å². The second-order valence-electron chi connectivity index (χ2n) is 5.34. The van der Waals surface area contributed by atoms with E-state index in [1.54, 1.807) is 0 Å². The number of amides is 2. The summed E-state index contributed by atoms with van der Waals surface area (Å²) in [4.78, 5) is 22.2. The average Bonchev–Trinajstić information content (AvgIpc) is 2.99. The van der Waals surface area contributed by atoms with Gasteiger partial charge in [0.15, 0.2) is 0 Å². The predicted octanol–water partition coefficient (Wildman–Crippen LogP) is 3.15. The summed E-state index contributed by atoms with van der Waals surface area (Å²) < 4.78 is 0. The topological polar surface area (TPSA) is 84.3 Å². The number of nitrogens with zero attached hydrogens (tertiary/aromatic N) is 1. The second kappa shape index (κ2) is 7.24. The van der Waals surface area contributed by atoms with Gasteiger partial charge in [0.25, 0.3) is 5.69 Å². The Balaban J connectivity index is 1.94. The molecule has 0 aromatic heterocycles. The molecule has 0 saturated heterocycles. The number of urea groups is 1. The van der Waals surface area contributed by atoms with Gasteiger partial charge in [-0.2, -0.15) is 0 Å². The van der Waals surface area contributed by atoms with Crippen molar-refractivity contribution in [2.24, 2.45) is 5.92 Å². The fourth-order valence-electron chi connectivity index (χ4n) is 2.21. The minimum Gasteiger partial charge on any atom is -0.334 e. The predicted molar refractivity (Wildman–Crippen MR) is 84.3 cm³/mol. The monoisotopic (exact) mass is 300 g/mol. The SMILES string of the molecule is CC(C)[C@H](NC(=O)Nc1ccc([N+](=O)[O-])cc1)[C]1[CH][CH][CH][CH]1. The Hall–Kier alpha value is -2.11. The molecule has 0 unspecified atom stereocenters. The first-order valence-corrected chi connectivity index (χ1v) is 7.01. The van der Waals surface area contributed by atoms with Crippen LogP contribution in [0.1, 0.15) is 13.8 Å². The van der Waals surface area contributed by atoms with Crippen LogP contribution in [0, 0.1) is 47.6 Å². The van der Waals surface area contributed by atoms with Crippen molar-refractivity contribution in [2.45, 2.75) is 19.9 Å². The minimum absolute atomic E-state index is 0.0113. The number of hydrogen-bond acceptors (Lipinski definition) is 3. The molecular weight excluding hydrogens is 282 g/mol. The Kier molecular flexibility index (Phi) is 5.35. The normalized spacial score (nSPS) is 16.5. The molecule has 0 spiro atoms. The van der Waals surface area contributed by atoms with Crippen LogP contribution in [0.25, 0.3) is 0 Å². The third-order valence-electron chi connectivity index (χ3n) is 3.34. The maximum absolute atomic E-state index is 12.1. The summed E-state index contributed by atoms with van der Waals surface area (Å²) >= 11 is 0. The standard InChI is InChI=1S/C16H18N3O3/c1-11(2)15(12-5-3-4-6-12)18-16(20)17-13-7-9-14(10-8-13)19(21)22/h3-11,15H,1-2H3,(H2,17,18,20)/t15-/m0/s1. The van der Waals surface area contributed by atoms with Crippen LogP contribution in [0.15, 0.2) is 24.3 Å². The van der Waals surface area contributed by atoms with Crippen molar-refractivity contribution in [3.63, 3.8) is 0 Å². The number of hydrogen-bond donors (Lipinski definition) is 2. The van der Waals surface area contributed by atoms with Gasteiger partial charge in [-0.1, -0.05) is 13.8 Å². The third-order valence-corrected chi connectivity index (χ3v) is 3.34. The molecule has 6 heteroatoms. The number of anilines is 1. The van der Waals surface area contributed by atoms with Gasteiger partial charge in [0.1, 0.15) is 0 Å². The Morgan fingerprint density at radius 1 is 1.14 bits per heavy atom. The summed E-state index contributed by atoms with van der Waals surface area (Å²) in [5.74, 6) is 1.29. The van der Waals surface area contributed by atoms with E-state index in [-0.39, 0.29) is 23.7 Å². The van der Waals surface area contributed by atoms with Crippen LogP contribution >= 0.6 is 0 Å². The molecule has 2 N–H and O–H groups in total. The number of nitro benzene ring substituents is 1. The fourth-order valence-corrected chi connectivity index (χ4v) is 2.21. The van der Waals surface area contributed by atoms with Gasteiger partial charge >= 0.3 is 6.03 Å². The van der Waals surface area contributed by atoms with Gasteiger partial charge < -0.3 is 10.6 Å². The van der Waals surface area contributed by atoms with Crippen LogP contribution in [0.2, 0.25) is 0 Å². The lowest BCUT2D eigenvalue weighted by molar-refractivity contribution is -0.384. The molecule has 2 amide bonds. The highest BCUT2D eigenvalue weighted by Crippen LogP contribution is 2.29. The third kappa shape index (κ3) is 4.19. The van der Waals surface area contributed by atoms with Gasteiger partial charge in [0, 0.05) is 29.8 Å². The van der Waals surface area contributed by atoms with Crippen molar-refractivity contribution < 1.29 is 9.72 Å². The minimum atomic E-state index is -0.478. The number of carbonyl (C=O) groups excluding carboxylic acids is 1. The van der Waals surface area contributed by atoms with E-state index in [4.69, 9.17) is 0 Å². The smallest absolute Gasteiger partial charge is 0.319 e. The number of non-ortho nitro benzene ring substituents is 1. The highest BCUT2D eigenvalue weighted by Gasteiger charge is 2.29. The number of nitrogens with one attached hydrogen (secondary N) is 2. The molecule has 1 aliphatic carbocycles. The summed E-state index contributed by atoms with van der Waals surface area (Å²) in [6.45, 7) is 4.06. The lowest BCUT2D eigenvalue weighted by atomic mass is 9.89. The Morgan fingerprint density at radius 3 is 2.23 bits per heavy atom. The zero-order valence-corrected chi connectivity index (χ0v) is 12.4. The van der Waals surface area contributed by atoms with Gasteiger partial charge in [-0.3, -0.25) is 10.1 Å². The zero-order valence-electron chi connectivity index (χ0n) is 12.4. The van der Waals surface area contributed by atoms with E-state index in [1.807, 2.05) is 39.5 Å². The molecule has 6 nitrogen and oxygen atoms in total. The molecule has 1 saturated carbocycles. The number of carbonyl (C=O) groups is 1. The fraction of sp³-hybridized carbons (Fsp3) is 0.250. The molecular formula is C16H18N3O3. The summed E-state index contributed by atoms with van der Waals surface area (Å²) in [6, 6.07) is 5.29. The van der Waals surface area contributed by atoms with E-state index < -0.39 is 4.92 Å². The van der Waals surface area contributed by atoms with E-state index in [1.165, 1.54) is 24.3 Å². The molecule has 1 fully saturated rings. The summed E-state index contributed by atoms with van der Waals surface area (Å²) in [5.41, 5.74) is 0.496. The Bertz CT molecular complexity index is 522. The molecule has 22 heavy (non-hydrogen) atoms. The van der Waals surface area contributed by atoms with Gasteiger partial charge in [-0.25, -0.2) is 4.79 Å².